The molecule has 3 N–H and O–H groups in total. The molecule has 0 aromatic heterocycles. The Morgan fingerprint density at radius 3 is 2.36 bits per heavy atom. The van der Waals surface area contributed by atoms with Gasteiger partial charge in [-0.3, -0.25) is 9.59 Å². The number of carbonyl (C=O) groups is 3. The largest absolute Gasteiger partial charge is 0.493 e. The van der Waals surface area contributed by atoms with Gasteiger partial charge in [-0.2, -0.15) is 0 Å². The van der Waals surface area contributed by atoms with Gasteiger partial charge in [-0.1, -0.05) is 18.2 Å². The number of rotatable bonds is 9. The number of benzene rings is 2. The number of nitrogens with zero attached hydrogens (tertiary/aromatic N) is 1. The van der Waals surface area contributed by atoms with Gasteiger partial charge in [-0.05, 0) is 57.5 Å². The van der Waals surface area contributed by atoms with Crippen LogP contribution in [0.4, 0.5) is 10.5 Å². The molecule has 2 aromatic carbocycles. The molecule has 0 aliphatic heterocycles. The van der Waals surface area contributed by atoms with Crippen molar-refractivity contribution in [2.24, 2.45) is 5.73 Å². The molecule has 33 heavy (non-hydrogen) atoms. The minimum Gasteiger partial charge on any atom is -0.493 e. The molecular formula is C24H31N3O6. The molecule has 0 saturated heterocycles. The Morgan fingerprint density at radius 2 is 1.76 bits per heavy atom. The van der Waals surface area contributed by atoms with Crippen molar-refractivity contribution in [2.75, 3.05) is 25.6 Å². The number of para-hydroxylation sites is 1. The molecule has 0 bridgehead atoms. The predicted octanol–water partition coefficient (Wildman–Crippen LogP) is 3.57. The van der Waals surface area contributed by atoms with Crippen LogP contribution in [0.3, 0.4) is 0 Å². The number of methoxy groups -OCH3 is 1. The Labute approximate surface area is 193 Å². The molecule has 3 amide bonds. The van der Waals surface area contributed by atoms with Crippen molar-refractivity contribution < 1.29 is 28.6 Å². The molecule has 0 aliphatic carbocycles. The lowest BCUT2D eigenvalue weighted by molar-refractivity contribution is -0.119. The first kappa shape index (κ1) is 25.5. The van der Waals surface area contributed by atoms with Crippen LogP contribution in [-0.4, -0.2) is 48.7 Å². The molecular weight excluding hydrogens is 426 g/mol. The van der Waals surface area contributed by atoms with Gasteiger partial charge in [0.05, 0.1) is 13.7 Å². The lowest BCUT2D eigenvalue weighted by Gasteiger charge is -2.27. The van der Waals surface area contributed by atoms with Crippen molar-refractivity contribution >= 4 is 23.6 Å². The third-order valence-corrected chi connectivity index (χ3v) is 4.46. The highest BCUT2D eigenvalue weighted by Crippen LogP contribution is 2.29. The van der Waals surface area contributed by atoms with E-state index in [1.807, 2.05) is 39.8 Å². The van der Waals surface area contributed by atoms with Gasteiger partial charge in [0.2, 0.25) is 0 Å². The minimum atomic E-state index is -0.622. The number of hydrogen-bond donors (Lipinski definition) is 2. The normalized spacial score (nSPS) is 10.8. The van der Waals surface area contributed by atoms with Crippen LogP contribution in [0.1, 0.15) is 43.6 Å². The van der Waals surface area contributed by atoms with Crippen molar-refractivity contribution in [2.45, 2.75) is 39.8 Å². The van der Waals surface area contributed by atoms with Crippen LogP contribution < -0.4 is 20.5 Å². The van der Waals surface area contributed by atoms with Crippen LogP contribution in [0.2, 0.25) is 0 Å². The fourth-order valence-electron chi connectivity index (χ4n) is 2.89. The number of anilines is 1. The lowest BCUT2D eigenvalue weighted by atomic mass is 10.1. The summed E-state index contributed by atoms with van der Waals surface area (Å²) in [5, 5.41) is 2.88. The molecule has 2 rings (SSSR count). The fraction of sp³-hybridized carbons (Fsp3) is 0.375. The van der Waals surface area contributed by atoms with Gasteiger partial charge in [-0.25, -0.2) is 4.79 Å². The first-order valence-electron chi connectivity index (χ1n) is 10.5. The maximum absolute atomic E-state index is 12.9. The Hall–Kier alpha value is -3.75. The van der Waals surface area contributed by atoms with Gasteiger partial charge in [0, 0.05) is 17.8 Å². The first-order chi connectivity index (χ1) is 15.5. The van der Waals surface area contributed by atoms with E-state index < -0.39 is 17.6 Å². The predicted molar refractivity (Wildman–Crippen MR) is 124 cm³/mol. The first-order valence-corrected chi connectivity index (χ1v) is 10.5. The van der Waals surface area contributed by atoms with Gasteiger partial charge in [0.15, 0.2) is 18.1 Å². The molecule has 0 radical (unpaired) electrons. The van der Waals surface area contributed by atoms with Crippen molar-refractivity contribution in [3.8, 4) is 11.5 Å². The van der Waals surface area contributed by atoms with Crippen LogP contribution in [0, 0.1) is 0 Å². The second-order valence-electron chi connectivity index (χ2n) is 8.23. The fourth-order valence-corrected chi connectivity index (χ4v) is 2.89. The number of nitrogens with one attached hydrogen (secondary N) is 1. The molecule has 2 aromatic rings. The zero-order valence-corrected chi connectivity index (χ0v) is 19.6. The lowest BCUT2D eigenvalue weighted by Crippen LogP contribution is -2.36. The number of primary amides is 1. The summed E-state index contributed by atoms with van der Waals surface area (Å²) in [5.74, 6) is -0.408. The number of nitrogens with two attached hydrogens (primary N) is 1. The zero-order valence-electron chi connectivity index (χ0n) is 19.6. The molecule has 0 aliphatic rings. The summed E-state index contributed by atoms with van der Waals surface area (Å²) < 4.78 is 16.0. The van der Waals surface area contributed by atoms with Crippen LogP contribution in [0.5, 0.6) is 11.5 Å². The maximum Gasteiger partial charge on any atom is 0.410 e. The van der Waals surface area contributed by atoms with E-state index in [1.165, 1.54) is 19.2 Å². The van der Waals surface area contributed by atoms with Gasteiger partial charge in [0.25, 0.3) is 11.8 Å². The molecule has 0 atom stereocenters. The monoisotopic (exact) mass is 457 g/mol. The molecule has 0 saturated carbocycles. The highest BCUT2D eigenvalue weighted by atomic mass is 16.6. The maximum atomic E-state index is 12.9. The van der Waals surface area contributed by atoms with Crippen molar-refractivity contribution in [3.63, 3.8) is 0 Å². The second-order valence-corrected chi connectivity index (χ2v) is 8.23. The van der Waals surface area contributed by atoms with E-state index in [1.54, 1.807) is 23.1 Å². The Bertz CT molecular complexity index is 1000. The Kier molecular flexibility index (Phi) is 8.67. The SMILES string of the molecule is CCN(Cc1ccccc1NC(=O)c1ccc(OCC(N)=O)c(OC)c1)C(=O)OC(C)(C)C. The van der Waals surface area contributed by atoms with E-state index in [9.17, 15) is 14.4 Å². The smallest absolute Gasteiger partial charge is 0.410 e. The number of hydrogen-bond acceptors (Lipinski definition) is 6. The Balaban J connectivity index is 2.19. The summed E-state index contributed by atoms with van der Waals surface area (Å²) in [7, 11) is 1.43. The summed E-state index contributed by atoms with van der Waals surface area (Å²) in [5.41, 5.74) is 6.15. The summed E-state index contributed by atoms with van der Waals surface area (Å²) in [6, 6.07) is 11.8. The quantitative estimate of drug-likeness (QED) is 0.594. The molecule has 0 fully saturated rings. The number of amides is 3. The van der Waals surface area contributed by atoms with Gasteiger partial charge in [0.1, 0.15) is 5.60 Å². The van der Waals surface area contributed by atoms with E-state index >= 15 is 0 Å². The van der Waals surface area contributed by atoms with Crippen molar-refractivity contribution in [3.05, 3.63) is 53.6 Å². The van der Waals surface area contributed by atoms with E-state index in [0.29, 0.717) is 29.3 Å². The summed E-state index contributed by atoms with van der Waals surface area (Å²) in [6.45, 7) is 7.70. The van der Waals surface area contributed by atoms with E-state index in [2.05, 4.69) is 5.32 Å². The van der Waals surface area contributed by atoms with Crippen molar-refractivity contribution in [1.82, 2.24) is 4.90 Å². The summed E-state index contributed by atoms with van der Waals surface area (Å²) in [6.07, 6.45) is -0.428. The highest BCUT2D eigenvalue weighted by molar-refractivity contribution is 6.05. The summed E-state index contributed by atoms with van der Waals surface area (Å²) in [4.78, 5) is 37.9. The molecule has 0 unspecified atom stereocenters. The van der Waals surface area contributed by atoms with E-state index in [0.717, 1.165) is 5.56 Å². The van der Waals surface area contributed by atoms with E-state index in [4.69, 9.17) is 19.9 Å². The third-order valence-electron chi connectivity index (χ3n) is 4.46. The van der Waals surface area contributed by atoms with Gasteiger partial charge in [-0.15, -0.1) is 0 Å². The molecule has 9 heteroatoms. The molecule has 0 heterocycles. The van der Waals surface area contributed by atoms with Crippen LogP contribution in [-0.2, 0) is 16.1 Å². The van der Waals surface area contributed by atoms with Gasteiger partial charge >= 0.3 is 6.09 Å². The molecule has 0 spiro atoms. The highest BCUT2D eigenvalue weighted by Gasteiger charge is 2.22. The number of ether oxygens (including phenoxy) is 3. The van der Waals surface area contributed by atoms with Crippen LogP contribution in [0.15, 0.2) is 42.5 Å². The minimum absolute atomic E-state index is 0.269. The third kappa shape index (κ3) is 7.71. The second kappa shape index (κ2) is 11.2. The van der Waals surface area contributed by atoms with Crippen molar-refractivity contribution in [1.29, 1.82) is 0 Å². The zero-order chi connectivity index (χ0) is 24.6. The van der Waals surface area contributed by atoms with Gasteiger partial charge < -0.3 is 30.2 Å². The van der Waals surface area contributed by atoms with E-state index in [-0.39, 0.29) is 19.1 Å². The number of carbonyl (C=O) groups excluding carboxylic acids is 3. The molecule has 178 valence electrons. The standard InChI is InChI=1S/C24H31N3O6/c1-6-27(23(30)33-24(2,3)4)14-17-9-7-8-10-18(17)26-22(29)16-11-12-19(20(13-16)31-5)32-15-21(25)28/h7-13H,6,14-15H2,1-5H3,(H2,25,28)(H,26,29). The topological polar surface area (TPSA) is 120 Å². The van der Waals surface area contributed by atoms with Crippen LogP contribution in [0.25, 0.3) is 0 Å². The summed E-state index contributed by atoms with van der Waals surface area (Å²) >= 11 is 0. The van der Waals surface area contributed by atoms with Crippen LogP contribution >= 0.6 is 0 Å². The Morgan fingerprint density at radius 1 is 1.06 bits per heavy atom. The molecule has 9 nitrogen and oxygen atoms in total. The average molecular weight is 458 g/mol. The average Bonchev–Trinajstić information content (AvgIpc) is 2.75.